The molecule has 1 radical (unpaired) electrons. The van der Waals surface area contributed by atoms with Crippen molar-refractivity contribution in [2.75, 3.05) is 0 Å². The van der Waals surface area contributed by atoms with E-state index < -0.39 is 14.7 Å². The molecule has 0 fully saturated rings. The second-order valence-corrected chi connectivity index (χ2v) is 11.2. The first-order chi connectivity index (χ1) is 6.59. The van der Waals surface area contributed by atoms with Gasteiger partial charge in [0.15, 0.2) is 0 Å². The average molecular weight is 287 g/mol. The van der Waals surface area contributed by atoms with Crippen molar-refractivity contribution in [2.45, 2.75) is 32.6 Å². The van der Waals surface area contributed by atoms with E-state index >= 15 is 0 Å². The Morgan fingerprint density at radius 2 is 1.57 bits per heavy atom. The molecule has 0 saturated carbocycles. The van der Waals surface area contributed by atoms with Crippen molar-refractivity contribution in [1.82, 2.24) is 0 Å². The fourth-order valence-electron chi connectivity index (χ4n) is 1.87. The molecule has 0 aliphatic heterocycles. The summed E-state index contributed by atoms with van der Waals surface area (Å²) >= 11 is -1.92. The molecule has 0 aromatic rings. The van der Waals surface area contributed by atoms with Crippen LogP contribution in [0.3, 0.4) is 0 Å². The van der Waals surface area contributed by atoms with Gasteiger partial charge in [-0.3, -0.25) is 0 Å². The molecule has 14 heavy (non-hydrogen) atoms. The second-order valence-electron chi connectivity index (χ2n) is 3.50. The van der Waals surface area contributed by atoms with E-state index in [9.17, 15) is 0 Å². The van der Waals surface area contributed by atoms with E-state index in [0.717, 1.165) is 0 Å². The van der Waals surface area contributed by atoms with Crippen LogP contribution in [-0.4, -0.2) is 0 Å². The van der Waals surface area contributed by atoms with E-state index in [1.165, 1.54) is 31.3 Å². The van der Waals surface area contributed by atoms with E-state index in [1.807, 2.05) is 0 Å². The summed E-state index contributed by atoms with van der Waals surface area (Å²) in [4.78, 5) is 0. The molecule has 2 rings (SSSR count). The van der Waals surface area contributed by atoms with E-state index in [1.54, 1.807) is 11.1 Å². The first kappa shape index (κ1) is 13.1. The molecule has 2 aliphatic rings. The third kappa shape index (κ3) is 4.72. The van der Waals surface area contributed by atoms with Gasteiger partial charge in [-0.1, -0.05) is 17.2 Å². The molecular weight excluding hydrogens is 274 g/mol. The zero-order chi connectivity index (χ0) is 10.6. The van der Waals surface area contributed by atoms with E-state index in [0.29, 0.717) is 0 Å². The van der Waals surface area contributed by atoms with Crippen molar-refractivity contribution in [3.8, 4) is 0 Å². The molecule has 0 atom stereocenters. The summed E-state index contributed by atoms with van der Waals surface area (Å²) in [6, 6.07) is 0. The standard InChI is InChI=1S/C10H13.3ClH.Ti/c1-8-6-9-4-2-3-5-10(9)7-8;;;;/h6-7H,2-5H2,1H3;3*1H;/q;;;;+3/p-3. The fraction of sp³-hybridized carbons (Fsp3) is 0.500. The molecule has 78 valence electrons. The van der Waals surface area contributed by atoms with Gasteiger partial charge in [-0.05, 0) is 38.2 Å². The Hall–Kier alpha value is 1.06. The van der Waals surface area contributed by atoms with E-state index in [2.05, 4.69) is 19.4 Å². The summed E-state index contributed by atoms with van der Waals surface area (Å²) in [5.74, 6) is 0. The maximum atomic E-state index is 4.97. The third-order valence-corrected chi connectivity index (χ3v) is 2.36. The van der Waals surface area contributed by atoms with Crippen LogP contribution >= 0.6 is 27.9 Å². The number of rotatable bonds is 0. The van der Waals surface area contributed by atoms with Gasteiger partial charge in [-0.2, -0.15) is 0 Å². The minimum atomic E-state index is -1.92. The summed E-state index contributed by atoms with van der Waals surface area (Å²) in [6.07, 6.45) is 10.1. The molecule has 0 unspecified atom stereocenters. The van der Waals surface area contributed by atoms with Crippen molar-refractivity contribution in [3.63, 3.8) is 0 Å². The Bertz CT molecular complexity index is 253. The summed E-state index contributed by atoms with van der Waals surface area (Å²) in [5.41, 5.74) is 4.68. The van der Waals surface area contributed by atoms with Crippen LogP contribution in [0.1, 0.15) is 32.6 Å². The molecule has 0 aromatic heterocycles. The average Bonchev–Trinajstić information content (AvgIpc) is 2.42. The number of hydrogen-bond acceptors (Lipinski definition) is 0. The van der Waals surface area contributed by atoms with Crippen LogP contribution in [0.5, 0.6) is 0 Å². The van der Waals surface area contributed by atoms with Gasteiger partial charge in [-0.15, -0.1) is 0 Å². The maximum absolute atomic E-state index is 4.97. The predicted molar refractivity (Wildman–Crippen MR) is 61.1 cm³/mol. The molecule has 0 amide bonds. The minimum absolute atomic E-state index is 1.32. The molecule has 0 heterocycles. The second kappa shape index (κ2) is 6.60. The molecule has 0 spiro atoms. The zero-order valence-electron chi connectivity index (χ0n) is 8.12. The van der Waals surface area contributed by atoms with Crippen molar-refractivity contribution in [2.24, 2.45) is 0 Å². The van der Waals surface area contributed by atoms with Crippen LogP contribution in [-0.2, 0) is 14.7 Å². The van der Waals surface area contributed by atoms with E-state index in [4.69, 9.17) is 27.9 Å². The molecular formula is C10H13Cl3Ti. The van der Waals surface area contributed by atoms with Crippen molar-refractivity contribution < 1.29 is 14.7 Å². The van der Waals surface area contributed by atoms with Gasteiger partial charge in [-0.25, -0.2) is 0 Å². The van der Waals surface area contributed by atoms with Gasteiger partial charge in [0.1, 0.15) is 0 Å². The summed E-state index contributed by atoms with van der Waals surface area (Å²) in [7, 11) is 14.9. The van der Waals surface area contributed by atoms with Gasteiger partial charge in [0, 0.05) is 6.42 Å². The van der Waals surface area contributed by atoms with Crippen LogP contribution in [0.2, 0.25) is 0 Å². The molecule has 0 bridgehead atoms. The van der Waals surface area contributed by atoms with Gasteiger partial charge in [0.2, 0.25) is 0 Å². The molecule has 4 heteroatoms. The van der Waals surface area contributed by atoms with Crippen LogP contribution in [0, 0.1) is 6.42 Å². The summed E-state index contributed by atoms with van der Waals surface area (Å²) < 4.78 is 0. The SMILES string of the molecule is CC1=CC2=C([CH]1)CCCC2.[Cl][Ti]([Cl])[Cl]. The molecule has 0 saturated heterocycles. The normalized spacial score (nSPS) is 19.6. The predicted octanol–water partition coefficient (Wildman–Crippen LogP) is 5.09. The Kier molecular flexibility index (Phi) is 6.19. The first-order valence-corrected chi connectivity index (χ1v) is 11.1. The van der Waals surface area contributed by atoms with E-state index in [-0.39, 0.29) is 0 Å². The van der Waals surface area contributed by atoms with Crippen molar-refractivity contribution >= 4 is 27.9 Å². The molecule has 0 nitrogen and oxygen atoms in total. The molecule has 2 aliphatic carbocycles. The van der Waals surface area contributed by atoms with Crippen molar-refractivity contribution in [3.05, 3.63) is 29.2 Å². The topological polar surface area (TPSA) is 0 Å². The molecule has 0 N–H and O–H groups in total. The van der Waals surface area contributed by atoms with Crippen LogP contribution in [0.25, 0.3) is 0 Å². The molecule has 0 aromatic carbocycles. The van der Waals surface area contributed by atoms with Crippen molar-refractivity contribution in [1.29, 1.82) is 0 Å². The quantitative estimate of drug-likeness (QED) is 0.545. The first-order valence-electron chi connectivity index (χ1n) is 4.68. The Labute approximate surface area is 104 Å². The number of hydrogen-bond donors (Lipinski definition) is 0. The van der Waals surface area contributed by atoms with Crippen LogP contribution < -0.4 is 0 Å². The zero-order valence-corrected chi connectivity index (χ0v) is 11.9. The number of halogens is 3. The monoisotopic (exact) mass is 286 g/mol. The third-order valence-electron chi connectivity index (χ3n) is 2.36. The van der Waals surface area contributed by atoms with Gasteiger partial charge >= 0.3 is 42.6 Å². The Morgan fingerprint density at radius 1 is 1.07 bits per heavy atom. The van der Waals surface area contributed by atoms with Gasteiger partial charge < -0.3 is 0 Å². The Morgan fingerprint density at radius 3 is 2.07 bits per heavy atom. The van der Waals surface area contributed by atoms with Crippen LogP contribution in [0.15, 0.2) is 22.8 Å². The summed E-state index contributed by atoms with van der Waals surface area (Å²) in [5, 5.41) is 0. The fourth-order valence-corrected chi connectivity index (χ4v) is 1.87. The summed E-state index contributed by atoms with van der Waals surface area (Å²) in [6.45, 7) is 2.19. The van der Waals surface area contributed by atoms with Crippen LogP contribution in [0.4, 0.5) is 0 Å². The number of allylic oxidation sites excluding steroid dienone is 4. The van der Waals surface area contributed by atoms with Gasteiger partial charge in [0.25, 0.3) is 0 Å². The Balaban J connectivity index is 0.000000213. The van der Waals surface area contributed by atoms with Gasteiger partial charge in [0.05, 0.1) is 0 Å².